The summed E-state index contributed by atoms with van der Waals surface area (Å²) in [6, 6.07) is 15.8. The minimum Gasteiger partial charge on any atom is -0.378 e. The van der Waals surface area contributed by atoms with Gasteiger partial charge in [-0.25, -0.2) is 4.90 Å². The smallest absolute Gasteiger partial charge is 0.298 e. The second kappa shape index (κ2) is 9.68. The Balaban J connectivity index is 1.44. The van der Waals surface area contributed by atoms with Crippen LogP contribution in [0.1, 0.15) is 22.5 Å². The van der Waals surface area contributed by atoms with E-state index in [0.29, 0.717) is 10.6 Å². The number of hydrogen-bond donors (Lipinski definition) is 0. The Morgan fingerprint density at radius 3 is 2.31 bits per heavy atom. The number of aryl methyl sites for hydroxylation is 2. The Bertz CT molecular complexity index is 1340. The van der Waals surface area contributed by atoms with Gasteiger partial charge in [-0.2, -0.15) is 0 Å². The number of thioether (sulfide) groups is 1. The van der Waals surface area contributed by atoms with Crippen LogP contribution >= 0.6 is 27.7 Å². The van der Waals surface area contributed by atoms with Crippen molar-refractivity contribution in [1.29, 1.82) is 0 Å². The highest BCUT2D eigenvalue weighted by Gasteiger charge is 2.36. The average Bonchev–Trinajstić information content (AvgIpc) is 3.28. The first-order valence-corrected chi connectivity index (χ1v) is 13.1. The number of benzene rings is 2. The maximum Gasteiger partial charge on any atom is 0.298 e. The van der Waals surface area contributed by atoms with Gasteiger partial charge in [-0.3, -0.25) is 9.59 Å². The molecule has 0 N–H and O–H groups in total. The van der Waals surface area contributed by atoms with Crippen LogP contribution in [0.4, 0.5) is 16.2 Å². The molecule has 2 saturated heterocycles. The van der Waals surface area contributed by atoms with Gasteiger partial charge in [-0.1, -0.05) is 17.7 Å². The number of morpholine rings is 1. The van der Waals surface area contributed by atoms with Gasteiger partial charge in [0.15, 0.2) is 0 Å². The molecule has 6 nitrogen and oxygen atoms in total. The van der Waals surface area contributed by atoms with Crippen LogP contribution in [0.15, 0.2) is 57.9 Å². The van der Waals surface area contributed by atoms with E-state index in [9.17, 15) is 9.59 Å². The van der Waals surface area contributed by atoms with E-state index in [2.05, 4.69) is 49.7 Å². The number of halogens is 1. The average molecular weight is 552 g/mol. The number of carbonyl (C=O) groups excluding carboxylic acids is 2. The van der Waals surface area contributed by atoms with Crippen molar-refractivity contribution in [1.82, 2.24) is 4.57 Å². The monoisotopic (exact) mass is 551 g/mol. The van der Waals surface area contributed by atoms with Crippen molar-refractivity contribution >= 4 is 56.3 Å². The lowest BCUT2D eigenvalue weighted by Crippen LogP contribution is -2.36. The number of anilines is 2. The molecule has 2 amide bonds. The van der Waals surface area contributed by atoms with Gasteiger partial charge in [-0.15, -0.1) is 0 Å². The molecular weight excluding hydrogens is 526 g/mol. The van der Waals surface area contributed by atoms with Crippen molar-refractivity contribution in [3.05, 3.63) is 80.4 Å². The second-order valence-electron chi connectivity index (χ2n) is 8.75. The minimum absolute atomic E-state index is 0.276. The molecule has 0 aliphatic carbocycles. The number of ether oxygens (including phenoxy) is 1. The van der Waals surface area contributed by atoms with Crippen molar-refractivity contribution in [3.63, 3.8) is 0 Å². The van der Waals surface area contributed by atoms with Gasteiger partial charge in [-0.05, 0) is 96.5 Å². The van der Waals surface area contributed by atoms with Gasteiger partial charge in [0, 0.05) is 34.6 Å². The molecule has 1 aromatic heterocycles. The van der Waals surface area contributed by atoms with Crippen LogP contribution in [-0.4, -0.2) is 42.0 Å². The number of carbonyl (C=O) groups is 2. The fourth-order valence-corrected chi connectivity index (χ4v) is 6.00. The molecule has 2 aliphatic heterocycles. The molecule has 0 radical (unpaired) electrons. The molecule has 2 fully saturated rings. The SMILES string of the molecule is Cc1ccc(N2C(=O)S/C(=C\c3cc(C)n(-c4ccc(N5CCOCC5)c(Br)c4)c3C)C2=O)cc1. The van der Waals surface area contributed by atoms with E-state index in [4.69, 9.17) is 4.74 Å². The van der Waals surface area contributed by atoms with Gasteiger partial charge in [0.2, 0.25) is 0 Å². The number of rotatable bonds is 4. The predicted octanol–water partition coefficient (Wildman–Crippen LogP) is 6.24. The van der Waals surface area contributed by atoms with Crippen LogP contribution in [0.5, 0.6) is 0 Å². The van der Waals surface area contributed by atoms with E-state index in [-0.39, 0.29) is 11.1 Å². The molecule has 3 heterocycles. The van der Waals surface area contributed by atoms with Gasteiger partial charge in [0.05, 0.1) is 29.5 Å². The van der Waals surface area contributed by atoms with E-state index in [1.54, 1.807) is 12.1 Å². The zero-order valence-electron chi connectivity index (χ0n) is 19.9. The molecule has 2 aromatic carbocycles. The maximum absolute atomic E-state index is 13.1. The Morgan fingerprint density at radius 2 is 1.63 bits per heavy atom. The molecule has 0 saturated carbocycles. The van der Waals surface area contributed by atoms with E-state index < -0.39 is 0 Å². The first-order valence-electron chi connectivity index (χ1n) is 11.5. The van der Waals surface area contributed by atoms with Crippen LogP contribution in [0.2, 0.25) is 0 Å². The molecule has 35 heavy (non-hydrogen) atoms. The van der Waals surface area contributed by atoms with Gasteiger partial charge in [0.1, 0.15) is 0 Å². The number of hydrogen-bond acceptors (Lipinski definition) is 5. The summed E-state index contributed by atoms with van der Waals surface area (Å²) in [6.07, 6.45) is 1.83. The maximum atomic E-state index is 13.1. The Kier molecular flexibility index (Phi) is 6.61. The van der Waals surface area contributed by atoms with Crippen LogP contribution in [0.3, 0.4) is 0 Å². The lowest BCUT2D eigenvalue weighted by Gasteiger charge is -2.30. The molecule has 8 heteroatoms. The Labute approximate surface area is 217 Å². The van der Waals surface area contributed by atoms with Crippen LogP contribution in [0.25, 0.3) is 11.8 Å². The summed E-state index contributed by atoms with van der Waals surface area (Å²) in [4.78, 5) is 29.8. The van der Waals surface area contributed by atoms with Crippen molar-refractivity contribution < 1.29 is 14.3 Å². The molecular formula is C27H26BrN3O3S. The van der Waals surface area contributed by atoms with E-state index >= 15 is 0 Å². The van der Waals surface area contributed by atoms with Crippen molar-refractivity contribution in [2.75, 3.05) is 36.1 Å². The first kappa shape index (κ1) is 23.9. The molecule has 5 rings (SSSR count). The fourth-order valence-electron chi connectivity index (χ4n) is 4.55. The van der Waals surface area contributed by atoms with Crippen molar-refractivity contribution in [2.24, 2.45) is 0 Å². The first-order chi connectivity index (χ1) is 16.8. The number of nitrogens with zero attached hydrogens (tertiary/aromatic N) is 3. The zero-order valence-corrected chi connectivity index (χ0v) is 22.3. The Morgan fingerprint density at radius 1 is 0.943 bits per heavy atom. The Hall–Kier alpha value is -2.81. The van der Waals surface area contributed by atoms with Gasteiger partial charge < -0.3 is 14.2 Å². The summed E-state index contributed by atoms with van der Waals surface area (Å²) in [6.45, 7) is 9.29. The lowest BCUT2D eigenvalue weighted by molar-refractivity contribution is -0.113. The van der Waals surface area contributed by atoms with E-state index in [1.165, 1.54) is 4.90 Å². The van der Waals surface area contributed by atoms with E-state index in [1.807, 2.05) is 39.0 Å². The van der Waals surface area contributed by atoms with Crippen LogP contribution in [0, 0.1) is 20.8 Å². The summed E-state index contributed by atoms with van der Waals surface area (Å²) in [5.74, 6) is -0.286. The van der Waals surface area contributed by atoms with Crippen molar-refractivity contribution in [2.45, 2.75) is 20.8 Å². The predicted molar refractivity (Wildman–Crippen MR) is 146 cm³/mol. The minimum atomic E-state index is -0.286. The summed E-state index contributed by atoms with van der Waals surface area (Å²) in [5.41, 5.74) is 6.85. The summed E-state index contributed by atoms with van der Waals surface area (Å²) in [7, 11) is 0. The zero-order chi connectivity index (χ0) is 24.7. The molecule has 3 aromatic rings. The third-order valence-electron chi connectivity index (χ3n) is 6.38. The van der Waals surface area contributed by atoms with Crippen molar-refractivity contribution in [3.8, 4) is 5.69 Å². The molecule has 0 spiro atoms. The van der Waals surface area contributed by atoms with Crippen LogP contribution < -0.4 is 9.80 Å². The molecule has 0 atom stereocenters. The highest BCUT2D eigenvalue weighted by molar-refractivity contribution is 9.10. The highest BCUT2D eigenvalue weighted by Crippen LogP contribution is 2.37. The molecule has 0 unspecified atom stereocenters. The van der Waals surface area contributed by atoms with Gasteiger partial charge >= 0.3 is 0 Å². The number of amides is 2. The normalized spacial score (nSPS) is 17.7. The summed E-state index contributed by atoms with van der Waals surface area (Å²) >= 11 is 4.74. The summed E-state index contributed by atoms with van der Waals surface area (Å²) < 4.78 is 8.68. The third kappa shape index (κ3) is 4.58. The fraction of sp³-hybridized carbons (Fsp3) is 0.259. The number of imide groups is 1. The van der Waals surface area contributed by atoms with Gasteiger partial charge in [0.25, 0.3) is 11.1 Å². The number of aromatic nitrogens is 1. The lowest BCUT2D eigenvalue weighted by atomic mass is 10.2. The molecule has 0 bridgehead atoms. The third-order valence-corrected chi connectivity index (χ3v) is 7.89. The van der Waals surface area contributed by atoms with E-state index in [0.717, 1.165) is 76.4 Å². The quantitative estimate of drug-likeness (QED) is 0.359. The second-order valence-corrected chi connectivity index (χ2v) is 10.6. The topological polar surface area (TPSA) is 54.8 Å². The highest BCUT2D eigenvalue weighted by atomic mass is 79.9. The standard InChI is InChI=1S/C27H26BrN3O3S/c1-17-4-6-21(7-5-17)31-26(32)25(35-27(31)33)15-20-14-18(2)30(19(20)3)22-8-9-24(23(28)16-22)29-10-12-34-13-11-29/h4-9,14-16H,10-13H2,1-3H3/b25-15-. The molecule has 180 valence electrons. The summed E-state index contributed by atoms with van der Waals surface area (Å²) in [5, 5.41) is -0.276. The van der Waals surface area contributed by atoms with Crippen LogP contribution in [-0.2, 0) is 9.53 Å². The largest absolute Gasteiger partial charge is 0.378 e. The molecule has 2 aliphatic rings.